The quantitative estimate of drug-likeness (QED) is 0.534. The van der Waals surface area contributed by atoms with Gasteiger partial charge in [0.2, 0.25) is 0 Å². The Kier molecular flexibility index (Phi) is 6.11. The predicted molar refractivity (Wildman–Crippen MR) is 123 cm³/mol. The van der Waals surface area contributed by atoms with Gasteiger partial charge in [0.25, 0.3) is 5.91 Å². The molecule has 1 aromatic carbocycles. The molecular weight excluding hydrogens is 404 g/mol. The van der Waals surface area contributed by atoms with Crippen LogP contribution in [0.3, 0.4) is 0 Å². The molecule has 0 spiro atoms. The highest BCUT2D eigenvalue weighted by Gasteiger charge is 2.37. The van der Waals surface area contributed by atoms with Crippen molar-refractivity contribution in [3.63, 3.8) is 0 Å². The summed E-state index contributed by atoms with van der Waals surface area (Å²) >= 11 is 6.37. The van der Waals surface area contributed by atoms with E-state index in [1.54, 1.807) is 0 Å². The van der Waals surface area contributed by atoms with Gasteiger partial charge in [0.1, 0.15) is 10.9 Å². The van der Waals surface area contributed by atoms with Crippen LogP contribution in [0.5, 0.6) is 0 Å². The first kappa shape index (κ1) is 21.8. The van der Waals surface area contributed by atoms with Crippen molar-refractivity contribution in [1.29, 1.82) is 0 Å². The number of hydrogen-bond acceptors (Lipinski definition) is 5. The zero-order valence-electron chi connectivity index (χ0n) is 17.6. The van der Waals surface area contributed by atoms with Gasteiger partial charge in [-0.25, -0.2) is 0 Å². The van der Waals surface area contributed by atoms with Gasteiger partial charge in [0, 0.05) is 17.8 Å². The molecule has 29 heavy (non-hydrogen) atoms. The number of thiocarbonyl (C=S) groups is 1. The maximum absolute atomic E-state index is 12.6. The van der Waals surface area contributed by atoms with E-state index >= 15 is 0 Å². The highest BCUT2D eigenvalue weighted by Crippen LogP contribution is 2.45. The van der Waals surface area contributed by atoms with Crippen molar-refractivity contribution in [1.82, 2.24) is 4.90 Å². The summed E-state index contributed by atoms with van der Waals surface area (Å²) in [4.78, 5) is 27.8. The van der Waals surface area contributed by atoms with Crippen LogP contribution >= 0.6 is 24.0 Å². The number of carbonyl (C=O) groups is 2. The van der Waals surface area contributed by atoms with E-state index in [-0.39, 0.29) is 11.4 Å². The smallest absolute Gasteiger partial charge is 0.323 e. The molecule has 1 saturated heterocycles. The van der Waals surface area contributed by atoms with Crippen LogP contribution < -0.4 is 4.90 Å². The fraction of sp³-hybridized carbons (Fsp3) is 0.500. The summed E-state index contributed by atoms with van der Waals surface area (Å²) in [7, 11) is 0. The van der Waals surface area contributed by atoms with Gasteiger partial charge < -0.3 is 10.0 Å². The highest BCUT2D eigenvalue weighted by molar-refractivity contribution is 8.26. The number of aryl methyl sites for hydroxylation is 1. The molecule has 0 aliphatic carbocycles. The van der Waals surface area contributed by atoms with E-state index in [9.17, 15) is 9.59 Å². The van der Waals surface area contributed by atoms with E-state index in [0.717, 1.165) is 35.4 Å². The molecule has 0 radical (unpaired) electrons. The fourth-order valence-corrected chi connectivity index (χ4v) is 5.61. The van der Waals surface area contributed by atoms with Crippen molar-refractivity contribution in [2.75, 3.05) is 18.0 Å². The van der Waals surface area contributed by atoms with Crippen molar-refractivity contribution >= 4 is 51.9 Å². The molecule has 1 atom stereocenters. The Bertz CT molecular complexity index is 908. The second-order valence-corrected chi connectivity index (χ2v) is 10.2. The largest absolute Gasteiger partial charge is 0.480 e. The van der Waals surface area contributed by atoms with Gasteiger partial charge in [0.05, 0.1) is 4.91 Å². The summed E-state index contributed by atoms with van der Waals surface area (Å²) in [6.07, 6.45) is 4.01. The summed E-state index contributed by atoms with van der Waals surface area (Å²) in [5, 5.41) is 9.02. The van der Waals surface area contributed by atoms with Crippen LogP contribution in [0.1, 0.15) is 63.1 Å². The molecule has 156 valence electrons. The molecule has 0 saturated carbocycles. The maximum atomic E-state index is 12.6. The molecule has 2 aliphatic heterocycles. The van der Waals surface area contributed by atoms with E-state index in [4.69, 9.17) is 17.3 Å². The highest BCUT2D eigenvalue weighted by atomic mass is 32.2. The average molecular weight is 433 g/mol. The molecule has 0 bridgehead atoms. The zero-order chi connectivity index (χ0) is 21.5. The maximum Gasteiger partial charge on any atom is 0.323 e. The van der Waals surface area contributed by atoms with Gasteiger partial charge in [0.15, 0.2) is 0 Å². The molecule has 2 aliphatic rings. The minimum absolute atomic E-state index is 0.107. The Balaban J connectivity index is 2.00. The van der Waals surface area contributed by atoms with Crippen LogP contribution in [-0.4, -0.2) is 44.8 Å². The third-order valence-corrected chi connectivity index (χ3v) is 7.05. The Morgan fingerprint density at radius 2 is 2.10 bits per heavy atom. The summed E-state index contributed by atoms with van der Waals surface area (Å²) in [5.41, 5.74) is 4.77. The minimum atomic E-state index is -1.07. The van der Waals surface area contributed by atoms with Crippen molar-refractivity contribution in [2.45, 2.75) is 58.9 Å². The van der Waals surface area contributed by atoms with Gasteiger partial charge in [-0.05, 0) is 74.4 Å². The standard InChI is InChI=1S/C22H28N2O3S2/c1-6-7-24-17-8-13(2)15(9-16(17)14(3)11-22(24,4)5)10-18-20(27)23(12-19(25)26)21(28)29-18/h8-10,14H,6-7,11-12H2,1-5H3,(H,25,26)/b18-10-. The van der Waals surface area contributed by atoms with Crippen LogP contribution in [0.15, 0.2) is 17.0 Å². The molecule has 7 heteroatoms. The molecule has 1 aromatic rings. The van der Waals surface area contributed by atoms with Crippen molar-refractivity contribution in [3.05, 3.63) is 33.7 Å². The molecule has 1 fully saturated rings. The molecule has 1 N–H and O–H groups in total. The fourth-order valence-electron chi connectivity index (χ4n) is 4.37. The third kappa shape index (κ3) is 4.21. The predicted octanol–water partition coefficient (Wildman–Crippen LogP) is 4.78. The van der Waals surface area contributed by atoms with Crippen molar-refractivity contribution in [2.24, 2.45) is 0 Å². The lowest BCUT2D eigenvalue weighted by Crippen LogP contribution is -2.48. The second kappa shape index (κ2) is 8.11. The number of thioether (sulfide) groups is 1. The van der Waals surface area contributed by atoms with Crippen LogP contribution in [0.2, 0.25) is 0 Å². The third-order valence-electron chi connectivity index (χ3n) is 5.67. The van der Waals surface area contributed by atoms with E-state index in [2.05, 4.69) is 51.7 Å². The van der Waals surface area contributed by atoms with Gasteiger partial charge in [-0.1, -0.05) is 37.8 Å². The van der Waals surface area contributed by atoms with Crippen LogP contribution in [0.4, 0.5) is 5.69 Å². The van der Waals surface area contributed by atoms with Crippen molar-refractivity contribution < 1.29 is 14.7 Å². The molecule has 1 amide bonds. The Hall–Kier alpha value is -1.86. The number of carboxylic acid groups (broad SMARTS) is 1. The number of aliphatic carboxylic acids is 1. The second-order valence-electron chi connectivity index (χ2n) is 8.50. The Morgan fingerprint density at radius 1 is 1.41 bits per heavy atom. The van der Waals surface area contributed by atoms with Gasteiger partial charge in [-0.15, -0.1) is 0 Å². The number of hydrogen-bond donors (Lipinski definition) is 1. The molecular formula is C22H28N2O3S2. The average Bonchev–Trinajstić information content (AvgIpc) is 2.86. The normalized spacial score (nSPS) is 22.4. The van der Waals surface area contributed by atoms with E-state index < -0.39 is 12.5 Å². The SMILES string of the molecule is CCCN1c2cc(C)c(/C=C3\SC(=S)N(CC(=O)O)C3=O)cc2C(C)CC1(C)C. The Labute approximate surface area is 182 Å². The van der Waals surface area contributed by atoms with Gasteiger partial charge in [-0.3, -0.25) is 14.5 Å². The number of benzene rings is 1. The molecule has 3 rings (SSSR count). The first-order valence-corrected chi connectivity index (χ1v) is 11.2. The van der Waals surface area contributed by atoms with Gasteiger partial charge >= 0.3 is 5.97 Å². The molecule has 2 heterocycles. The molecule has 0 aromatic heterocycles. The summed E-state index contributed by atoms with van der Waals surface area (Å²) in [6, 6.07) is 4.42. The first-order valence-electron chi connectivity index (χ1n) is 9.94. The van der Waals surface area contributed by atoms with Crippen LogP contribution in [0.25, 0.3) is 6.08 Å². The van der Waals surface area contributed by atoms with E-state index in [0.29, 0.717) is 15.1 Å². The number of carbonyl (C=O) groups excluding carboxylic acids is 1. The molecule has 1 unspecified atom stereocenters. The number of fused-ring (bicyclic) bond motifs is 1. The first-order chi connectivity index (χ1) is 13.5. The lowest BCUT2D eigenvalue weighted by molar-refractivity contribution is -0.140. The molecule has 5 nitrogen and oxygen atoms in total. The van der Waals surface area contributed by atoms with Gasteiger partial charge in [-0.2, -0.15) is 0 Å². The van der Waals surface area contributed by atoms with Crippen LogP contribution in [-0.2, 0) is 9.59 Å². The zero-order valence-corrected chi connectivity index (χ0v) is 19.2. The number of anilines is 1. The number of rotatable bonds is 5. The van der Waals surface area contributed by atoms with E-state index in [1.165, 1.54) is 23.0 Å². The Morgan fingerprint density at radius 3 is 2.72 bits per heavy atom. The summed E-state index contributed by atoms with van der Waals surface area (Å²) in [5.74, 6) is -0.983. The monoisotopic (exact) mass is 432 g/mol. The lowest BCUT2D eigenvalue weighted by atomic mass is 9.79. The topological polar surface area (TPSA) is 60.9 Å². The number of carboxylic acids is 1. The number of amides is 1. The lowest BCUT2D eigenvalue weighted by Gasteiger charge is -2.48. The van der Waals surface area contributed by atoms with E-state index in [1.807, 2.05) is 6.08 Å². The summed E-state index contributed by atoms with van der Waals surface area (Å²) < 4.78 is 0.295. The minimum Gasteiger partial charge on any atom is -0.480 e. The summed E-state index contributed by atoms with van der Waals surface area (Å²) in [6.45, 7) is 11.7. The van der Waals surface area contributed by atoms with Crippen LogP contribution in [0, 0.1) is 6.92 Å². The van der Waals surface area contributed by atoms with Crippen molar-refractivity contribution in [3.8, 4) is 0 Å². The number of nitrogens with zero attached hydrogens (tertiary/aromatic N) is 2.